The number of amides is 2. The van der Waals surface area contributed by atoms with Gasteiger partial charge in [0.05, 0.1) is 13.2 Å². The third kappa shape index (κ3) is 4.81. The monoisotopic (exact) mass is 318 g/mol. The molecule has 0 radical (unpaired) electrons. The van der Waals surface area contributed by atoms with Crippen molar-refractivity contribution in [1.29, 1.82) is 0 Å². The van der Waals surface area contributed by atoms with E-state index >= 15 is 0 Å². The normalized spacial score (nSPS) is 16.9. The largest absolute Gasteiger partial charge is 0.497 e. The van der Waals surface area contributed by atoms with Crippen LogP contribution in [0.25, 0.3) is 0 Å². The van der Waals surface area contributed by atoms with Gasteiger partial charge in [0.15, 0.2) is 0 Å². The van der Waals surface area contributed by atoms with Crippen LogP contribution in [0.4, 0.5) is 0 Å². The Bertz CT molecular complexity index is 556. The molecule has 0 spiro atoms. The lowest BCUT2D eigenvalue weighted by Gasteiger charge is -2.20. The molecule has 1 aliphatic rings. The summed E-state index contributed by atoms with van der Waals surface area (Å²) in [7, 11) is 1.60. The molecule has 1 saturated heterocycles. The first-order valence-electron chi connectivity index (χ1n) is 7.78. The number of aldehydes is 1. The summed E-state index contributed by atoms with van der Waals surface area (Å²) in [6.07, 6.45) is 2.65. The minimum Gasteiger partial charge on any atom is -0.497 e. The average Bonchev–Trinajstić information content (AvgIpc) is 3.07. The second-order valence-electron chi connectivity index (χ2n) is 5.56. The van der Waals surface area contributed by atoms with Gasteiger partial charge in [-0.25, -0.2) is 0 Å². The second-order valence-corrected chi connectivity index (χ2v) is 5.56. The molecule has 0 aromatic heterocycles. The number of benzene rings is 1. The van der Waals surface area contributed by atoms with E-state index in [1.807, 2.05) is 24.3 Å². The van der Waals surface area contributed by atoms with Crippen LogP contribution in [-0.4, -0.2) is 42.7 Å². The van der Waals surface area contributed by atoms with Crippen molar-refractivity contribution in [2.45, 2.75) is 38.3 Å². The number of ether oxygens (including phenoxy) is 1. The first kappa shape index (κ1) is 17.0. The number of hydrogen-bond donors (Lipinski definition) is 1. The van der Waals surface area contributed by atoms with E-state index in [0.717, 1.165) is 30.4 Å². The topological polar surface area (TPSA) is 75.7 Å². The number of carbonyl (C=O) groups is 3. The minimum absolute atomic E-state index is 0.126. The molecule has 0 saturated carbocycles. The van der Waals surface area contributed by atoms with Crippen molar-refractivity contribution in [3.8, 4) is 5.75 Å². The Hall–Kier alpha value is -2.37. The summed E-state index contributed by atoms with van der Waals surface area (Å²) in [4.78, 5) is 36.3. The minimum atomic E-state index is -0.315. The Kier molecular flexibility index (Phi) is 6.14. The molecule has 1 aromatic rings. The van der Waals surface area contributed by atoms with Crippen molar-refractivity contribution < 1.29 is 19.1 Å². The standard InChI is InChI=1S/C17H22N2O4/c1-23-15-6-4-13(5-7-15)11-18-16(21)8-9-17(22)19-10-2-3-14(19)12-20/h4-7,12,14H,2-3,8-11H2,1H3,(H,18,21)/t14-/m0/s1. The summed E-state index contributed by atoms with van der Waals surface area (Å²) in [6, 6.07) is 7.10. The Morgan fingerprint density at radius 3 is 2.70 bits per heavy atom. The Balaban J connectivity index is 1.72. The van der Waals surface area contributed by atoms with Crippen molar-refractivity contribution in [1.82, 2.24) is 10.2 Å². The van der Waals surface area contributed by atoms with E-state index in [-0.39, 0.29) is 30.7 Å². The van der Waals surface area contributed by atoms with Crippen LogP contribution in [-0.2, 0) is 20.9 Å². The molecule has 1 heterocycles. The molecule has 0 unspecified atom stereocenters. The molecule has 0 aliphatic carbocycles. The van der Waals surface area contributed by atoms with Gasteiger partial charge in [-0.3, -0.25) is 9.59 Å². The lowest BCUT2D eigenvalue weighted by molar-refractivity contribution is -0.136. The maximum absolute atomic E-state index is 12.0. The fourth-order valence-corrected chi connectivity index (χ4v) is 2.64. The van der Waals surface area contributed by atoms with Gasteiger partial charge in [0.25, 0.3) is 0 Å². The van der Waals surface area contributed by atoms with E-state index in [4.69, 9.17) is 4.74 Å². The Morgan fingerprint density at radius 2 is 2.04 bits per heavy atom. The zero-order chi connectivity index (χ0) is 16.7. The van der Waals surface area contributed by atoms with Crippen LogP contribution < -0.4 is 10.1 Å². The van der Waals surface area contributed by atoms with E-state index in [1.165, 1.54) is 0 Å². The predicted octanol–water partition coefficient (Wildman–Crippen LogP) is 1.28. The average molecular weight is 318 g/mol. The number of likely N-dealkylation sites (tertiary alicyclic amines) is 1. The molecule has 1 atom stereocenters. The fourth-order valence-electron chi connectivity index (χ4n) is 2.64. The Labute approximate surface area is 135 Å². The number of methoxy groups -OCH3 is 1. The van der Waals surface area contributed by atoms with Crippen molar-refractivity contribution in [3.63, 3.8) is 0 Å². The Morgan fingerprint density at radius 1 is 1.30 bits per heavy atom. The number of carbonyl (C=O) groups excluding carboxylic acids is 3. The zero-order valence-corrected chi connectivity index (χ0v) is 13.3. The summed E-state index contributed by atoms with van der Waals surface area (Å²) in [5.41, 5.74) is 0.964. The van der Waals surface area contributed by atoms with Crippen molar-refractivity contribution >= 4 is 18.1 Å². The lowest BCUT2D eigenvalue weighted by atomic mass is 10.2. The maximum atomic E-state index is 12.0. The molecule has 1 aromatic carbocycles. The molecule has 1 N–H and O–H groups in total. The van der Waals surface area contributed by atoms with Crippen molar-refractivity contribution in [2.24, 2.45) is 0 Å². The van der Waals surface area contributed by atoms with E-state index < -0.39 is 0 Å². The number of hydrogen-bond acceptors (Lipinski definition) is 4. The van der Waals surface area contributed by atoms with E-state index in [2.05, 4.69) is 5.32 Å². The van der Waals surface area contributed by atoms with Gasteiger partial charge >= 0.3 is 0 Å². The molecule has 1 fully saturated rings. The highest BCUT2D eigenvalue weighted by molar-refractivity contribution is 5.85. The summed E-state index contributed by atoms with van der Waals surface area (Å²) in [6.45, 7) is 1.02. The highest BCUT2D eigenvalue weighted by Gasteiger charge is 2.27. The smallest absolute Gasteiger partial charge is 0.223 e. The van der Waals surface area contributed by atoms with Crippen LogP contribution in [0.3, 0.4) is 0 Å². The number of nitrogens with zero attached hydrogens (tertiary/aromatic N) is 1. The molecule has 1 aliphatic heterocycles. The summed E-state index contributed by atoms with van der Waals surface area (Å²) >= 11 is 0. The van der Waals surface area contributed by atoms with Gasteiger partial charge in [-0.1, -0.05) is 12.1 Å². The van der Waals surface area contributed by atoms with E-state index in [9.17, 15) is 14.4 Å². The molecule has 0 bridgehead atoms. The number of rotatable bonds is 7. The van der Waals surface area contributed by atoms with Crippen molar-refractivity contribution in [2.75, 3.05) is 13.7 Å². The maximum Gasteiger partial charge on any atom is 0.223 e. The molecule has 23 heavy (non-hydrogen) atoms. The van der Waals surface area contributed by atoms with Crippen LogP contribution in [0.1, 0.15) is 31.2 Å². The number of nitrogens with one attached hydrogen (secondary N) is 1. The molecule has 124 valence electrons. The molecule has 6 nitrogen and oxygen atoms in total. The van der Waals surface area contributed by atoms with Gasteiger partial charge in [0.1, 0.15) is 12.0 Å². The van der Waals surface area contributed by atoms with Crippen LogP contribution in [0.2, 0.25) is 0 Å². The summed E-state index contributed by atoms with van der Waals surface area (Å²) in [5.74, 6) is 0.469. The lowest BCUT2D eigenvalue weighted by Crippen LogP contribution is -2.37. The third-order valence-corrected chi connectivity index (χ3v) is 3.99. The van der Waals surface area contributed by atoms with E-state index in [1.54, 1.807) is 12.0 Å². The van der Waals surface area contributed by atoms with Gasteiger partial charge in [0, 0.05) is 25.9 Å². The van der Waals surface area contributed by atoms with Gasteiger partial charge < -0.3 is 19.7 Å². The highest BCUT2D eigenvalue weighted by Crippen LogP contribution is 2.17. The van der Waals surface area contributed by atoms with Crippen molar-refractivity contribution in [3.05, 3.63) is 29.8 Å². The molecular formula is C17H22N2O4. The zero-order valence-electron chi connectivity index (χ0n) is 13.3. The fraction of sp³-hybridized carbons (Fsp3) is 0.471. The van der Waals surface area contributed by atoms with Crippen LogP contribution in [0, 0.1) is 0 Å². The summed E-state index contributed by atoms with van der Waals surface area (Å²) < 4.78 is 5.07. The first-order valence-corrected chi connectivity index (χ1v) is 7.78. The van der Waals surface area contributed by atoms with Gasteiger partial charge in [-0.2, -0.15) is 0 Å². The van der Waals surface area contributed by atoms with Gasteiger partial charge in [-0.15, -0.1) is 0 Å². The first-order chi connectivity index (χ1) is 11.1. The molecular weight excluding hydrogens is 296 g/mol. The third-order valence-electron chi connectivity index (χ3n) is 3.99. The second kappa shape index (κ2) is 8.31. The molecule has 2 rings (SSSR count). The van der Waals surface area contributed by atoms with Crippen LogP contribution in [0.15, 0.2) is 24.3 Å². The highest BCUT2D eigenvalue weighted by atomic mass is 16.5. The quantitative estimate of drug-likeness (QED) is 0.769. The van der Waals surface area contributed by atoms with Crippen LogP contribution in [0.5, 0.6) is 5.75 Å². The molecule has 2 amide bonds. The SMILES string of the molecule is COc1ccc(CNC(=O)CCC(=O)N2CCC[C@H]2C=O)cc1. The van der Waals surface area contributed by atoms with Gasteiger partial charge in [-0.05, 0) is 30.5 Å². The van der Waals surface area contributed by atoms with E-state index in [0.29, 0.717) is 13.1 Å². The predicted molar refractivity (Wildman–Crippen MR) is 84.9 cm³/mol. The summed E-state index contributed by atoms with van der Waals surface area (Å²) in [5, 5.41) is 2.79. The molecule has 6 heteroatoms. The van der Waals surface area contributed by atoms with Gasteiger partial charge in [0.2, 0.25) is 11.8 Å². The van der Waals surface area contributed by atoms with Crippen LogP contribution >= 0.6 is 0 Å².